The number of halogens is 4. The SMILES string of the molecule is CN1CC[C@@]2(CC[C@H](c3cccc(-c4cc(C(F)(F)F)ccc4F)c3)N2)C1=O. The zero-order valence-electron chi connectivity index (χ0n) is 15.3. The molecule has 1 spiro atoms. The Hall–Kier alpha value is -2.41. The molecule has 2 fully saturated rings. The third-order valence-corrected chi connectivity index (χ3v) is 5.83. The van der Waals surface area contributed by atoms with Gasteiger partial charge in [0.05, 0.1) is 5.56 Å². The predicted molar refractivity (Wildman–Crippen MR) is 96.9 cm³/mol. The molecule has 28 heavy (non-hydrogen) atoms. The maximum atomic E-state index is 14.3. The molecule has 2 aromatic rings. The average molecular weight is 392 g/mol. The largest absolute Gasteiger partial charge is 0.416 e. The zero-order valence-corrected chi connectivity index (χ0v) is 15.3. The van der Waals surface area contributed by atoms with Gasteiger partial charge in [0.2, 0.25) is 5.91 Å². The first-order chi connectivity index (χ1) is 13.2. The lowest BCUT2D eigenvalue weighted by Crippen LogP contribution is -2.47. The number of carbonyl (C=O) groups is 1. The van der Waals surface area contributed by atoms with Crippen LogP contribution in [0.2, 0.25) is 0 Å². The van der Waals surface area contributed by atoms with Crippen LogP contribution in [0.3, 0.4) is 0 Å². The Morgan fingerprint density at radius 2 is 1.93 bits per heavy atom. The van der Waals surface area contributed by atoms with Gasteiger partial charge in [-0.05, 0) is 54.7 Å². The van der Waals surface area contributed by atoms with Gasteiger partial charge in [0.25, 0.3) is 0 Å². The summed E-state index contributed by atoms with van der Waals surface area (Å²) in [5, 5.41) is 3.43. The molecular weight excluding hydrogens is 372 g/mol. The van der Waals surface area contributed by atoms with Crippen molar-refractivity contribution in [2.75, 3.05) is 13.6 Å². The number of amides is 1. The molecule has 2 aliphatic heterocycles. The number of nitrogens with one attached hydrogen (secondary N) is 1. The molecule has 2 aromatic carbocycles. The molecule has 0 radical (unpaired) electrons. The van der Waals surface area contributed by atoms with Crippen molar-refractivity contribution in [3.63, 3.8) is 0 Å². The Morgan fingerprint density at radius 1 is 1.14 bits per heavy atom. The van der Waals surface area contributed by atoms with E-state index in [4.69, 9.17) is 0 Å². The standard InChI is InChI=1S/C21H20F4N2O/c1-27-10-9-20(19(27)28)8-7-18(26-20)14-4-2-3-13(11-14)16-12-15(21(23,24)25)5-6-17(16)22/h2-6,11-12,18,26H,7-10H2,1H3/t18-,20+/m1/s1. The van der Waals surface area contributed by atoms with Crippen LogP contribution in [-0.2, 0) is 11.0 Å². The van der Waals surface area contributed by atoms with Crippen molar-refractivity contribution in [1.82, 2.24) is 10.2 Å². The van der Waals surface area contributed by atoms with E-state index in [0.29, 0.717) is 18.5 Å². The number of carbonyl (C=O) groups excluding carboxylic acids is 1. The highest BCUT2D eigenvalue weighted by atomic mass is 19.4. The number of hydrogen-bond donors (Lipinski definition) is 1. The summed E-state index contributed by atoms with van der Waals surface area (Å²) < 4.78 is 53.3. The van der Waals surface area contributed by atoms with E-state index in [0.717, 1.165) is 36.6 Å². The normalized spacial score (nSPS) is 25.1. The van der Waals surface area contributed by atoms with Gasteiger partial charge in [-0.25, -0.2) is 4.39 Å². The molecule has 0 bridgehead atoms. The van der Waals surface area contributed by atoms with Crippen LogP contribution in [0.15, 0.2) is 42.5 Å². The smallest absolute Gasteiger partial charge is 0.344 e. The van der Waals surface area contributed by atoms with E-state index >= 15 is 0 Å². The minimum atomic E-state index is -4.53. The van der Waals surface area contributed by atoms with Crippen molar-refractivity contribution >= 4 is 5.91 Å². The highest BCUT2D eigenvalue weighted by Crippen LogP contribution is 2.40. The molecule has 2 saturated heterocycles. The van der Waals surface area contributed by atoms with Crippen molar-refractivity contribution in [3.05, 3.63) is 59.4 Å². The molecule has 2 heterocycles. The lowest BCUT2D eigenvalue weighted by molar-refractivity contribution is -0.137. The highest BCUT2D eigenvalue weighted by Gasteiger charge is 2.50. The van der Waals surface area contributed by atoms with Crippen LogP contribution in [0.5, 0.6) is 0 Å². The van der Waals surface area contributed by atoms with Crippen molar-refractivity contribution in [2.24, 2.45) is 0 Å². The van der Waals surface area contributed by atoms with Crippen molar-refractivity contribution in [3.8, 4) is 11.1 Å². The Bertz CT molecular complexity index is 927. The fourth-order valence-corrected chi connectivity index (χ4v) is 4.26. The Balaban J connectivity index is 1.64. The predicted octanol–water partition coefficient (Wildman–Crippen LogP) is 4.54. The molecule has 2 aliphatic rings. The summed E-state index contributed by atoms with van der Waals surface area (Å²) in [6.45, 7) is 0.702. The number of rotatable bonds is 2. The van der Waals surface area contributed by atoms with E-state index in [9.17, 15) is 22.4 Å². The monoisotopic (exact) mass is 392 g/mol. The number of hydrogen-bond acceptors (Lipinski definition) is 2. The first-order valence-electron chi connectivity index (χ1n) is 9.20. The minimum absolute atomic E-state index is 0.0788. The van der Waals surface area contributed by atoms with E-state index in [-0.39, 0.29) is 17.5 Å². The summed E-state index contributed by atoms with van der Waals surface area (Å²) in [5.74, 6) is -0.622. The molecule has 1 amide bonds. The second kappa shape index (κ2) is 6.58. The molecule has 0 unspecified atom stereocenters. The number of likely N-dealkylation sites (tertiary alicyclic amines) is 1. The van der Waals surface area contributed by atoms with E-state index in [1.807, 2.05) is 6.07 Å². The van der Waals surface area contributed by atoms with Crippen LogP contribution in [0, 0.1) is 5.82 Å². The summed E-state index contributed by atoms with van der Waals surface area (Å²) in [7, 11) is 1.78. The van der Waals surface area contributed by atoms with E-state index < -0.39 is 23.1 Å². The third kappa shape index (κ3) is 3.17. The van der Waals surface area contributed by atoms with Gasteiger partial charge in [0, 0.05) is 25.2 Å². The van der Waals surface area contributed by atoms with Crippen LogP contribution in [0.1, 0.15) is 36.4 Å². The second-order valence-electron chi connectivity index (χ2n) is 7.61. The van der Waals surface area contributed by atoms with Gasteiger partial charge < -0.3 is 4.90 Å². The quantitative estimate of drug-likeness (QED) is 0.762. The second-order valence-corrected chi connectivity index (χ2v) is 7.61. The summed E-state index contributed by atoms with van der Waals surface area (Å²) in [6, 6.07) is 9.21. The summed E-state index contributed by atoms with van der Waals surface area (Å²) in [5.41, 5.74) is -0.295. The van der Waals surface area contributed by atoms with E-state index in [2.05, 4.69) is 5.32 Å². The van der Waals surface area contributed by atoms with Crippen LogP contribution in [0.25, 0.3) is 11.1 Å². The number of benzene rings is 2. The fraction of sp³-hybridized carbons (Fsp3) is 0.381. The van der Waals surface area contributed by atoms with Crippen molar-refractivity contribution in [1.29, 1.82) is 0 Å². The topological polar surface area (TPSA) is 32.3 Å². The van der Waals surface area contributed by atoms with Gasteiger partial charge in [-0.2, -0.15) is 13.2 Å². The van der Waals surface area contributed by atoms with E-state index in [1.54, 1.807) is 30.1 Å². The van der Waals surface area contributed by atoms with Gasteiger partial charge in [0.15, 0.2) is 0 Å². The summed E-state index contributed by atoms with van der Waals surface area (Å²) >= 11 is 0. The Kier molecular flexibility index (Phi) is 4.45. The first-order valence-corrected chi connectivity index (χ1v) is 9.20. The van der Waals surface area contributed by atoms with Gasteiger partial charge in [0.1, 0.15) is 11.4 Å². The van der Waals surface area contributed by atoms with Gasteiger partial charge in [-0.3, -0.25) is 10.1 Å². The van der Waals surface area contributed by atoms with Gasteiger partial charge >= 0.3 is 6.18 Å². The minimum Gasteiger partial charge on any atom is -0.344 e. The van der Waals surface area contributed by atoms with E-state index in [1.165, 1.54) is 0 Å². The number of nitrogens with zero attached hydrogens (tertiary/aromatic N) is 1. The van der Waals surface area contributed by atoms with Gasteiger partial charge in [-0.1, -0.05) is 18.2 Å². The molecule has 0 saturated carbocycles. The van der Waals surface area contributed by atoms with Crippen LogP contribution in [-0.4, -0.2) is 29.9 Å². The molecule has 0 aromatic heterocycles. The maximum absolute atomic E-state index is 14.3. The molecule has 7 heteroatoms. The van der Waals surface area contributed by atoms with Crippen LogP contribution in [0.4, 0.5) is 17.6 Å². The molecule has 3 nitrogen and oxygen atoms in total. The van der Waals surface area contributed by atoms with Crippen LogP contribution < -0.4 is 5.32 Å². The third-order valence-electron chi connectivity index (χ3n) is 5.83. The maximum Gasteiger partial charge on any atom is 0.416 e. The first kappa shape index (κ1) is 18.9. The molecule has 2 atom stereocenters. The summed E-state index contributed by atoms with van der Waals surface area (Å²) in [4.78, 5) is 14.2. The Labute approximate surface area is 160 Å². The molecule has 1 N–H and O–H groups in total. The molecule has 0 aliphatic carbocycles. The lowest BCUT2D eigenvalue weighted by Gasteiger charge is -2.23. The van der Waals surface area contributed by atoms with Gasteiger partial charge in [-0.15, -0.1) is 0 Å². The number of alkyl halides is 3. The zero-order chi connectivity index (χ0) is 20.1. The Morgan fingerprint density at radius 3 is 2.61 bits per heavy atom. The van der Waals surface area contributed by atoms with Crippen molar-refractivity contribution < 1.29 is 22.4 Å². The highest BCUT2D eigenvalue weighted by molar-refractivity contribution is 5.88. The number of likely N-dealkylation sites (N-methyl/N-ethyl adjacent to an activating group) is 1. The molecule has 4 rings (SSSR count). The molecule has 148 valence electrons. The van der Waals surface area contributed by atoms with Crippen LogP contribution >= 0.6 is 0 Å². The average Bonchev–Trinajstić information content (AvgIpc) is 3.21. The summed E-state index contributed by atoms with van der Waals surface area (Å²) in [6.07, 6.45) is -2.34. The van der Waals surface area contributed by atoms with Crippen molar-refractivity contribution in [2.45, 2.75) is 37.0 Å². The lowest BCUT2D eigenvalue weighted by atomic mass is 9.95. The fourth-order valence-electron chi connectivity index (χ4n) is 4.26. The molecular formula is C21H20F4N2O.